The number of thiocarbonyl (C=S) groups is 1. The van der Waals surface area contributed by atoms with Crippen LogP contribution in [0, 0.1) is 0 Å². The van der Waals surface area contributed by atoms with Gasteiger partial charge >= 0.3 is 0 Å². The van der Waals surface area contributed by atoms with Crippen molar-refractivity contribution in [3.8, 4) is 0 Å². The Morgan fingerprint density at radius 1 is 1.30 bits per heavy atom. The van der Waals surface area contributed by atoms with E-state index in [0.29, 0.717) is 5.56 Å². The molecule has 0 radical (unpaired) electrons. The third kappa shape index (κ3) is 3.69. The number of nitrogens with one attached hydrogen (secondary N) is 1. The molecule has 0 amide bonds. The number of nitrogens with two attached hydrogens (primary N) is 1. The van der Waals surface area contributed by atoms with Crippen LogP contribution < -0.4 is 10.5 Å². The molecular formula is C13H17ClN2O2S2. The summed E-state index contributed by atoms with van der Waals surface area (Å²) in [6, 6.07) is 4.50. The van der Waals surface area contributed by atoms with Gasteiger partial charge in [-0.3, -0.25) is 0 Å². The highest BCUT2D eigenvalue weighted by Crippen LogP contribution is 2.25. The highest BCUT2D eigenvalue weighted by Gasteiger charge is 2.24. The van der Waals surface area contributed by atoms with E-state index in [1.807, 2.05) is 0 Å². The van der Waals surface area contributed by atoms with Gasteiger partial charge in [-0.1, -0.05) is 49.1 Å². The van der Waals surface area contributed by atoms with Crippen molar-refractivity contribution >= 4 is 38.8 Å². The third-order valence-corrected chi connectivity index (χ3v) is 5.67. The number of hydrogen-bond acceptors (Lipinski definition) is 3. The molecule has 0 saturated heterocycles. The lowest BCUT2D eigenvalue weighted by Gasteiger charge is -2.22. The molecule has 110 valence electrons. The first-order chi connectivity index (χ1) is 9.40. The standard InChI is InChI=1S/C13H17ClN2O2S2/c14-11-8-9(13(15)19)6-7-12(11)20(17,18)16-10-4-2-1-3-5-10/h6-8,10,16H,1-5H2,(H2,15,19). The van der Waals surface area contributed by atoms with Gasteiger partial charge in [0.05, 0.1) is 5.02 Å². The summed E-state index contributed by atoms with van der Waals surface area (Å²) >= 11 is 10.9. The molecule has 1 aromatic carbocycles. The van der Waals surface area contributed by atoms with Crippen molar-refractivity contribution in [3.63, 3.8) is 0 Å². The minimum atomic E-state index is -3.60. The van der Waals surface area contributed by atoms with E-state index in [2.05, 4.69) is 4.72 Å². The molecule has 1 aliphatic carbocycles. The minimum absolute atomic E-state index is 0.0000723. The van der Waals surface area contributed by atoms with Crippen LogP contribution in [0.2, 0.25) is 5.02 Å². The molecule has 3 N–H and O–H groups in total. The Morgan fingerprint density at radius 3 is 2.50 bits per heavy atom. The number of hydrogen-bond donors (Lipinski definition) is 2. The second-order valence-corrected chi connectivity index (χ2v) is 7.50. The smallest absolute Gasteiger partial charge is 0.242 e. The third-order valence-electron chi connectivity index (χ3n) is 3.43. The zero-order valence-corrected chi connectivity index (χ0v) is 13.3. The van der Waals surface area contributed by atoms with Crippen LogP contribution in [0.4, 0.5) is 0 Å². The Kier molecular flexibility index (Phi) is 5.01. The first-order valence-corrected chi connectivity index (χ1v) is 8.79. The van der Waals surface area contributed by atoms with E-state index in [0.717, 1.165) is 25.7 Å². The summed E-state index contributed by atoms with van der Waals surface area (Å²) < 4.78 is 27.4. The van der Waals surface area contributed by atoms with E-state index in [9.17, 15) is 8.42 Å². The number of rotatable bonds is 4. The minimum Gasteiger partial charge on any atom is -0.389 e. The van der Waals surface area contributed by atoms with Crippen molar-refractivity contribution in [2.45, 2.75) is 43.0 Å². The largest absolute Gasteiger partial charge is 0.389 e. The molecule has 20 heavy (non-hydrogen) atoms. The first-order valence-electron chi connectivity index (χ1n) is 6.52. The normalized spacial score (nSPS) is 17.1. The molecule has 4 nitrogen and oxygen atoms in total. The van der Waals surface area contributed by atoms with Crippen LogP contribution in [0.15, 0.2) is 23.1 Å². The maximum absolute atomic E-state index is 12.3. The Labute approximate surface area is 129 Å². The lowest BCUT2D eigenvalue weighted by Crippen LogP contribution is -2.36. The molecule has 0 atom stereocenters. The molecule has 0 bridgehead atoms. The van der Waals surface area contributed by atoms with Crippen LogP contribution in [-0.2, 0) is 10.0 Å². The molecule has 0 heterocycles. The summed E-state index contributed by atoms with van der Waals surface area (Å²) in [4.78, 5) is 0.265. The Hall–Kier alpha value is -0.690. The fourth-order valence-electron chi connectivity index (χ4n) is 2.38. The van der Waals surface area contributed by atoms with Gasteiger partial charge in [0.2, 0.25) is 10.0 Å². The number of halogens is 1. The molecular weight excluding hydrogens is 316 g/mol. The van der Waals surface area contributed by atoms with Crippen molar-refractivity contribution in [1.82, 2.24) is 4.72 Å². The van der Waals surface area contributed by atoms with Gasteiger partial charge in [0.15, 0.2) is 0 Å². The van der Waals surface area contributed by atoms with Gasteiger partial charge < -0.3 is 5.73 Å². The van der Waals surface area contributed by atoms with Crippen molar-refractivity contribution in [3.05, 3.63) is 28.8 Å². The average Bonchev–Trinajstić information content (AvgIpc) is 2.38. The lowest BCUT2D eigenvalue weighted by molar-refractivity contribution is 0.412. The van der Waals surface area contributed by atoms with E-state index >= 15 is 0 Å². The average molecular weight is 333 g/mol. The second-order valence-electron chi connectivity index (χ2n) is 4.97. The van der Waals surface area contributed by atoms with Crippen LogP contribution in [0.5, 0.6) is 0 Å². The highest BCUT2D eigenvalue weighted by atomic mass is 35.5. The number of sulfonamides is 1. The molecule has 1 saturated carbocycles. The topological polar surface area (TPSA) is 72.2 Å². The summed E-state index contributed by atoms with van der Waals surface area (Å²) in [5.41, 5.74) is 6.06. The fraction of sp³-hybridized carbons (Fsp3) is 0.462. The Bertz CT molecular complexity index is 611. The molecule has 1 aliphatic rings. The Balaban J connectivity index is 2.22. The highest BCUT2D eigenvalue weighted by molar-refractivity contribution is 7.89. The zero-order chi connectivity index (χ0) is 14.8. The molecule has 0 aromatic heterocycles. The van der Waals surface area contributed by atoms with Gasteiger partial charge in [0.25, 0.3) is 0 Å². The van der Waals surface area contributed by atoms with Crippen LogP contribution in [-0.4, -0.2) is 19.4 Å². The van der Waals surface area contributed by atoms with Gasteiger partial charge in [-0.05, 0) is 25.0 Å². The van der Waals surface area contributed by atoms with Crippen molar-refractivity contribution in [1.29, 1.82) is 0 Å². The van der Waals surface area contributed by atoms with Crippen molar-refractivity contribution in [2.75, 3.05) is 0 Å². The van der Waals surface area contributed by atoms with Gasteiger partial charge in [-0.15, -0.1) is 0 Å². The second kappa shape index (κ2) is 6.39. The van der Waals surface area contributed by atoms with E-state index in [-0.39, 0.29) is 20.9 Å². The van der Waals surface area contributed by atoms with Gasteiger partial charge in [-0.2, -0.15) is 0 Å². The maximum Gasteiger partial charge on any atom is 0.242 e. The van der Waals surface area contributed by atoms with Crippen LogP contribution in [0.1, 0.15) is 37.7 Å². The molecule has 0 unspecified atom stereocenters. The summed E-state index contributed by atoms with van der Waals surface area (Å²) in [5, 5.41) is 0.138. The molecule has 2 rings (SSSR count). The van der Waals surface area contributed by atoms with Crippen LogP contribution in [0.25, 0.3) is 0 Å². The first kappa shape index (κ1) is 15.7. The molecule has 1 aromatic rings. The molecule has 7 heteroatoms. The summed E-state index contributed by atoms with van der Waals surface area (Å²) in [5.74, 6) is 0. The van der Waals surface area contributed by atoms with Crippen LogP contribution >= 0.6 is 23.8 Å². The monoisotopic (exact) mass is 332 g/mol. The summed E-state index contributed by atoms with van der Waals surface area (Å²) in [7, 11) is -3.60. The SMILES string of the molecule is NC(=S)c1ccc(S(=O)(=O)NC2CCCCC2)c(Cl)c1. The van der Waals surface area contributed by atoms with Gasteiger partial charge in [0.1, 0.15) is 9.88 Å². The molecule has 0 aliphatic heterocycles. The van der Waals surface area contributed by atoms with Gasteiger partial charge in [-0.25, -0.2) is 13.1 Å². The fourth-order valence-corrected chi connectivity index (χ4v) is 4.35. The van der Waals surface area contributed by atoms with E-state index in [4.69, 9.17) is 29.6 Å². The number of benzene rings is 1. The predicted molar refractivity (Wildman–Crippen MR) is 84.5 cm³/mol. The summed E-state index contributed by atoms with van der Waals surface area (Å²) in [6.07, 6.45) is 5.04. The Morgan fingerprint density at radius 2 is 1.95 bits per heavy atom. The van der Waals surface area contributed by atoms with E-state index in [1.54, 1.807) is 6.07 Å². The van der Waals surface area contributed by atoms with Crippen LogP contribution in [0.3, 0.4) is 0 Å². The zero-order valence-electron chi connectivity index (χ0n) is 10.9. The lowest BCUT2D eigenvalue weighted by atomic mass is 9.96. The molecule has 1 fully saturated rings. The quantitative estimate of drug-likeness (QED) is 0.831. The predicted octanol–water partition coefficient (Wildman–Crippen LogP) is 2.59. The van der Waals surface area contributed by atoms with E-state index < -0.39 is 10.0 Å². The maximum atomic E-state index is 12.3. The van der Waals surface area contributed by atoms with Crippen molar-refractivity contribution < 1.29 is 8.42 Å². The van der Waals surface area contributed by atoms with E-state index in [1.165, 1.54) is 18.6 Å². The molecule has 0 spiro atoms. The van der Waals surface area contributed by atoms with Crippen molar-refractivity contribution in [2.24, 2.45) is 5.73 Å². The van der Waals surface area contributed by atoms with Gasteiger partial charge in [0, 0.05) is 11.6 Å². The summed E-state index contributed by atoms with van der Waals surface area (Å²) in [6.45, 7) is 0.